The molecule has 0 aliphatic heterocycles. The maximum Gasteiger partial charge on any atom is 0.338 e. The van der Waals surface area contributed by atoms with Crippen LogP contribution in [0, 0.1) is 0 Å². The van der Waals surface area contributed by atoms with Gasteiger partial charge in [-0.15, -0.1) is 0 Å². The molecular formula is C24H26O5Si. The van der Waals surface area contributed by atoms with Gasteiger partial charge in [0.1, 0.15) is 0 Å². The topological polar surface area (TPSA) is 76.0 Å². The Kier molecular flexibility index (Phi) is 5.89. The summed E-state index contributed by atoms with van der Waals surface area (Å²) >= 11 is 0. The smallest absolute Gasteiger partial charge is 0.338 e. The molecule has 3 rings (SSSR count). The second-order valence-corrected chi connectivity index (χ2v) is 12.3. The quantitative estimate of drug-likeness (QED) is 0.371. The molecule has 3 aromatic rings. The Morgan fingerprint density at radius 1 is 0.867 bits per heavy atom. The molecule has 0 bridgehead atoms. The second-order valence-electron chi connectivity index (χ2n) is 8.10. The van der Waals surface area contributed by atoms with E-state index >= 15 is 0 Å². The molecular weight excluding hydrogens is 396 g/mol. The third kappa shape index (κ3) is 3.78. The zero-order chi connectivity index (χ0) is 21.9. The Labute approximate surface area is 177 Å². The largest absolute Gasteiger partial charge is 0.531 e. The number of carbonyl (C=O) groups is 1. The van der Waals surface area contributed by atoms with Crippen LogP contribution < -0.4 is 14.8 Å². The molecule has 0 amide bonds. The number of benzene rings is 3. The van der Waals surface area contributed by atoms with Crippen molar-refractivity contribution in [1.29, 1.82) is 0 Å². The van der Waals surface area contributed by atoms with Crippen LogP contribution in [0.2, 0.25) is 5.04 Å². The minimum absolute atomic E-state index is 0.0460. The molecule has 3 aromatic carbocycles. The highest BCUT2D eigenvalue weighted by atomic mass is 28.4. The summed E-state index contributed by atoms with van der Waals surface area (Å²) in [7, 11) is -1.78. The fourth-order valence-corrected chi connectivity index (χ4v) is 8.14. The summed E-state index contributed by atoms with van der Waals surface area (Å²) in [5.74, 6) is -1.43. The first-order valence-corrected chi connectivity index (χ1v) is 11.6. The van der Waals surface area contributed by atoms with Crippen molar-refractivity contribution in [3.05, 3.63) is 78.4 Å². The number of phenols is 2. The molecule has 0 saturated carbocycles. The molecule has 0 heterocycles. The number of aromatic hydroxyl groups is 2. The van der Waals surface area contributed by atoms with Crippen LogP contribution in [0.4, 0.5) is 0 Å². The summed E-state index contributed by atoms with van der Waals surface area (Å²) in [4.78, 5) is 12.1. The summed E-state index contributed by atoms with van der Waals surface area (Å²) in [6, 6.07) is 22.4. The van der Waals surface area contributed by atoms with E-state index in [2.05, 4.69) is 20.8 Å². The summed E-state index contributed by atoms with van der Waals surface area (Å²) in [6.45, 7) is 6.29. The predicted octanol–water partition coefficient (Wildman–Crippen LogP) is 3.82. The van der Waals surface area contributed by atoms with Crippen molar-refractivity contribution in [3.8, 4) is 17.2 Å². The number of phenolic OH excluding ortho intramolecular Hbond substituents is 2. The van der Waals surface area contributed by atoms with Crippen LogP contribution in [0.3, 0.4) is 0 Å². The van der Waals surface area contributed by atoms with E-state index in [9.17, 15) is 15.0 Å². The number of carbonyl (C=O) groups excluding carboxylic acids is 1. The average molecular weight is 423 g/mol. The Morgan fingerprint density at radius 3 is 1.80 bits per heavy atom. The van der Waals surface area contributed by atoms with Gasteiger partial charge in [-0.3, -0.25) is 0 Å². The van der Waals surface area contributed by atoms with E-state index in [4.69, 9.17) is 9.16 Å². The van der Waals surface area contributed by atoms with Crippen molar-refractivity contribution in [1.82, 2.24) is 0 Å². The lowest BCUT2D eigenvalue weighted by atomic mass is 10.2. The van der Waals surface area contributed by atoms with Crippen molar-refractivity contribution in [2.75, 3.05) is 7.11 Å². The van der Waals surface area contributed by atoms with Gasteiger partial charge >= 0.3 is 14.3 Å². The lowest BCUT2D eigenvalue weighted by Crippen LogP contribution is -2.68. The van der Waals surface area contributed by atoms with Gasteiger partial charge in [0.05, 0.1) is 12.7 Å². The monoisotopic (exact) mass is 422 g/mol. The first-order chi connectivity index (χ1) is 14.2. The molecule has 0 aliphatic carbocycles. The summed E-state index contributed by atoms with van der Waals surface area (Å²) < 4.78 is 11.5. The van der Waals surface area contributed by atoms with Gasteiger partial charge in [-0.25, -0.2) is 4.79 Å². The molecule has 0 spiro atoms. The van der Waals surface area contributed by atoms with Crippen LogP contribution in [0.25, 0.3) is 0 Å². The SMILES string of the molecule is COC(=O)c1cc(O)c(O)c(O[Si](c2ccccc2)(c2ccccc2)C(C)(C)C)c1. The maximum absolute atomic E-state index is 12.1. The molecule has 0 saturated heterocycles. The summed E-state index contributed by atoms with van der Waals surface area (Å²) in [6.07, 6.45) is 0. The van der Waals surface area contributed by atoms with Crippen molar-refractivity contribution >= 4 is 24.7 Å². The Morgan fingerprint density at radius 2 is 1.37 bits per heavy atom. The molecule has 6 heteroatoms. The van der Waals surface area contributed by atoms with Crippen LogP contribution >= 0.6 is 0 Å². The molecule has 5 nitrogen and oxygen atoms in total. The maximum atomic E-state index is 12.1. The number of methoxy groups -OCH3 is 1. The van der Waals surface area contributed by atoms with Gasteiger partial charge in [0.25, 0.3) is 0 Å². The third-order valence-corrected chi connectivity index (χ3v) is 10.1. The van der Waals surface area contributed by atoms with E-state index < -0.39 is 25.8 Å². The van der Waals surface area contributed by atoms with E-state index in [1.165, 1.54) is 19.2 Å². The second kappa shape index (κ2) is 8.24. The molecule has 0 aliphatic rings. The van der Waals surface area contributed by atoms with Gasteiger partial charge in [-0.2, -0.15) is 0 Å². The predicted molar refractivity (Wildman–Crippen MR) is 119 cm³/mol. The van der Waals surface area contributed by atoms with Crippen LogP contribution in [0.5, 0.6) is 17.2 Å². The van der Waals surface area contributed by atoms with E-state index in [-0.39, 0.29) is 16.4 Å². The summed E-state index contributed by atoms with van der Waals surface area (Å²) in [5.41, 5.74) is 0.0979. The first kappa shape index (κ1) is 21.5. The van der Waals surface area contributed by atoms with E-state index in [1.54, 1.807) is 0 Å². The minimum atomic E-state index is -3.04. The average Bonchev–Trinajstić information content (AvgIpc) is 2.74. The molecule has 0 fully saturated rings. The lowest BCUT2D eigenvalue weighted by molar-refractivity contribution is 0.0600. The highest BCUT2D eigenvalue weighted by molar-refractivity contribution is 7.00. The number of esters is 1. The van der Waals surface area contributed by atoms with E-state index in [1.807, 2.05) is 60.7 Å². The number of hydrogen-bond acceptors (Lipinski definition) is 5. The van der Waals surface area contributed by atoms with Gasteiger partial charge in [-0.05, 0) is 27.5 Å². The van der Waals surface area contributed by atoms with Crippen LogP contribution in [-0.2, 0) is 4.74 Å². The Bertz CT molecular complexity index is 987. The molecule has 2 N–H and O–H groups in total. The highest BCUT2D eigenvalue weighted by Crippen LogP contribution is 2.43. The van der Waals surface area contributed by atoms with Crippen molar-refractivity contribution in [3.63, 3.8) is 0 Å². The van der Waals surface area contributed by atoms with Gasteiger partial charge in [0.2, 0.25) is 0 Å². The molecule has 0 aromatic heterocycles. The van der Waals surface area contributed by atoms with Crippen LogP contribution in [-0.4, -0.2) is 31.6 Å². The Balaban J connectivity index is 2.30. The van der Waals surface area contributed by atoms with Gasteiger partial charge in [0, 0.05) is 0 Å². The fraction of sp³-hybridized carbons (Fsp3) is 0.208. The van der Waals surface area contributed by atoms with E-state index in [0.717, 1.165) is 10.4 Å². The molecule has 30 heavy (non-hydrogen) atoms. The molecule has 0 atom stereocenters. The van der Waals surface area contributed by atoms with Gasteiger partial charge in [0.15, 0.2) is 17.2 Å². The minimum Gasteiger partial charge on any atom is -0.531 e. The number of rotatable bonds is 5. The molecule has 0 radical (unpaired) electrons. The zero-order valence-electron chi connectivity index (χ0n) is 17.5. The normalized spacial score (nSPS) is 11.7. The first-order valence-electron chi connectivity index (χ1n) is 9.65. The van der Waals surface area contributed by atoms with Crippen molar-refractivity contribution in [2.24, 2.45) is 0 Å². The number of ether oxygens (including phenoxy) is 1. The Hall–Kier alpha value is -3.25. The van der Waals surface area contributed by atoms with Crippen molar-refractivity contribution in [2.45, 2.75) is 25.8 Å². The van der Waals surface area contributed by atoms with Crippen LogP contribution in [0.15, 0.2) is 72.8 Å². The van der Waals surface area contributed by atoms with Crippen LogP contribution in [0.1, 0.15) is 31.1 Å². The number of hydrogen-bond donors (Lipinski definition) is 2. The lowest BCUT2D eigenvalue weighted by Gasteiger charge is -2.43. The van der Waals surface area contributed by atoms with Gasteiger partial charge < -0.3 is 19.4 Å². The van der Waals surface area contributed by atoms with Gasteiger partial charge in [-0.1, -0.05) is 81.4 Å². The third-order valence-electron chi connectivity index (χ3n) is 5.16. The highest BCUT2D eigenvalue weighted by Gasteiger charge is 2.52. The fourth-order valence-electron chi connectivity index (χ4n) is 3.72. The van der Waals surface area contributed by atoms with Crippen molar-refractivity contribution < 1.29 is 24.2 Å². The summed E-state index contributed by atoms with van der Waals surface area (Å²) in [5, 5.41) is 22.5. The van der Waals surface area contributed by atoms with E-state index in [0.29, 0.717) is 0 Å². The zero-order valence-corrected chi connectivity index (χ0v) is 18.5. The molecule has 156 valence electrons. The molecule has 0 unspecified atom stereocenters. The standard InChI is InChI=1S/C24H26O5Si/c1-24(2,3)30(18-11-7-5-8-12-18,19-13-9-6-10-14-19)29-21-16-17(23(27)28-4)15-20(25)22(21)26/h5-16,25-26H,1-4H3.